The van der Waals surface area contributed by atoms with Gasteiger partial charge in [0.2, 0.25) is 0 Å². The highest BCUT2D eigenvalue weighted by molar-refractivity contribution is 5.88. The molecule has 0 aromatic heterocycles. The van der Waals surface area contributed by atoms with Crippen LogP contribution in [0.5, 0.6) is 0 Å². The summed E-state index contributed by atoms with van der Waals surface area (Å²) in [5.41, 5.74) is 1.13. The molecule has 4 nitrogen and oxygen atoms in total. The van der Waals surface area contributed by atoms with E-state index < -0.39 is 5.97 Å². The minimum atomic E-state index is -0.907. The first-order valence-corrected chi connectivity index (χ1v) is 4.41. The molecule has 1 aliphatic rings. The van der Waals surface area contributed by atoms with Gasteiger partial charge in [0.25, 0.3) is 0 Å². The van der Waals surface area contributed by atoms with Crippen molar-refractivity contribution in [3.05, 3.63) is 29.8 Å². The highest BCUT2D eigenvalue weighted by Gasteiger charge is 2.10. The summed E-state index contributed by atoms with van der Waals surface area (Å²) < 4.78 is 0. The molecule has 0 fully saturated rings. The molecule has 0 aliphatic carbocycles. The van der Waals surface area contributed by atoms with E-state index in [9.17, 15) is 4.79 Å². The zero-order valence-electron chi connectivity index (χ0n) is 7.55. The first kappa shape index (κ1) is 8.74. The Hall–Kier alpha value is -1.84. The molecule has 0 bridgehead atoms. The quantitative estimate of drug-likeness (QED) is 0.770. The van der Waals surface area contributed by atoms with E-state index in [0.29, 0.717) is 5.56 Å². The Kier molecular flexibility index (Phi) is 2.18. The van der Waals surface area contributed by atoms with Crippen molar-refractivity contribution in [1.29, 1.82) is 0 Å². The normalized spacial score (nSPS) is 14.7. The van der Waals surface area contributed by atoms with E-state index in [1.54, 1.807) is 23.2 Å². The minimum Gasteiger partial charge on any atom is -0.478 e. The van der Waals surface area contributed by atoms with Crippen LogP contribution in [0.4, 0.5) is 5.69 Å². The van der Waals surface area contributed by atoms with Crippen molar-refractivity contribution in [2.24, 2.45) is 5.10 Å². The number of carbonyl (C=O) groups is 1. The molecule has 1 aliphatic heterocycles. The third-order valence-electron chi connectivity index (χ3n) is 2.08. The first-order chi connectivity index (χ1) is 6.77. The maximum absolute atomic E-state index is 10.7. The Labute approximate surface area is 81.5 Å². The van der Waals surface area contributed by atoms with Gasteiger partial charge in [-0.05, 0) is 18.2 Å². The summed E-state index contributed by atoms with van der Waals surface area (Å²) in [4.78, 5) is 10.7. The molecule has 0 radical (unpaired) electrons. The number of carboxylic acids is 1. The van der Waals surface area contributed by atoms with E-state index in [2.05, 4.69) is 5.10 Å². The van der Waals surface area contributed by atoms with Gasteiger partial charge in [-0.3, -0.25) is 5.01 Å². The van der Waals surface area contributed by atoms with Gasteiger partial charge in [-0.1, -0.05) is 6.07 Å². The van der Waals surface area contributed by atoms with E-state index in [1.165, 1.54) is 0 Å². The second kappa shape index (κ2) is 3.49. The van der Waals surface area contributed by atoms with Crippen molar-refractivity contribution in [1.82, 2.24) is 0 Å². The number of benzene rings is 1. The van der Waals surface area contributed by atoms with Crippen LogP contribution in [-0.4, -0.2) is 23.8 Å². The number of hydrogen-bond donors (Lipinski definition) is 1. The van der Waals surface area contributed by atoms with E-state index in [4.69, 9.17) is 5.11 Å². The maximum atomic E-state index is 10.7. The molecule has 0 saturated heterocycles. The zero-order valence-corrected chi connectivity index (χ0v) is 7.55. The predicted molar refractivity (Wildman–Crippen MR) is 53.9 cm³/mol. The molecule has 0 unspecified atom stereocenters. The number of aromatic carboxylic acids is 1. The van der Waals surface area contributed by atoms with Gasteiger partial charge >= 0.3 is 5.97 Å². The van der Waals surface area contributed by atoms with Gasteiger partial charge in [0, 0.05) is 19.2 Å². The third kappa shape index (κ3) is 1.59. The lowest BCUT2D eigenvalue weighted by Gasteiger charge is -2.13. The van der Waals surface area contributed by atoms with E-state index in [0.717, 1.165) is 18.7 Å². The molecule has 1 heterocycles. The Balaban J connectivity index is 2.30. The third-order valence-corrected chi connectivity index (χ3v) is 2.08. The topological polar surface area (TPSA) is 52.9 Å². The molecule has 0 atom stereocenters. The van der Waals surface area contributed by atoms with Gasteiger partial charge < -0.3 is 5.11 Å². The van der Waals surface area contributed by atoms with Crippen LogP contribution in [0.1, 0.15) is 16.8 Å². The molecular weight excluding hydrogens is 180 g/mol. The fraction of sp³-hybridized carbons (Fsp3) is 0.200. The lowest BCUT2D eigenvalue weighted by atomic mass is 10.2. The summed E-state index contributed by atoms with van der Waals surface area (Å²) in [5, 5.41) is 14.7. The van der Waals surface area contributed by atoms with Crippen LogP contribution in [-0.2, 0) is 0 Å². The Morgan fingerprint density at radius 3 is 3.00 bits per heavy atom. The van der Waals surface area contributed by atoms with Crippen LogP contribution in [0, 0.1) is 0 Å². The van der Waals surface area contributed by atoms with Crippen LogP contribution < -0.4 is 5.01 Å². The summed E-state index contributed by atoms with van der Waals surface area (Å²) in [6, 6.07) is 6.79. The molecule has 4 heteroatoms. The van der Waals surface area contributed by atoms with E-state index in [1.807, 2.05) is 12.3 Å². The lowest BCUT2D eigenvalue weighted by Crippen LogP contribution is -2.12. The monoisotopic (exact) mass is 190 g/mol. The minimum absolute atomic E-state index is 0.296. The number of nitrogens with zero attached hydrogens (tertiary/aromatic N) is 2. The van der Waals surface area contributed by atoms with Crippen molar-refractivity contribution in [3.63, 3.8) is 0 Å². The number of rotatable bonds is 2. The Morgan fingerprint density at radius 2 is 2.36 bits per heavy atom. The van der Waals surface area contributed by atoms with Gasteiger partial charge in [0.15, 0.2) is 0 Å². The number of hydrogen-bond acceptors (Lipinski definition) is 3. The SMILES string of the molecule is O=C(O)c1cccc(N2CCC=N2)c1. The maximum Gasteiger partial charge on any atom is 0.335 e. The molecule has 0 amide bonds. The van der Waals surface area contributed by atoms with Crippen LogP contribution in [0.25, 0.3) is 0 Å². The molecule has 2 rings (SSSR count). The number of anilines is 1. The summed E-state index contributed by atoms with van der Waals surface area (Å²) in [6.45, 7) is 0.822. The fourth-order valence-corrected chi connectivity index (χ4v) is 1.39. The molecule has 1 aromatic rings. The molecular formula is C10H10N2O2. The Morgan fingerprint density at radius 1 is 1.50 bits per heavy atom. The lowest BCUT2D eigenvalue weighted by molar-refractivity contribution is 0.0697. The van der Waals surface area contributed by atoms with Crippen molar-refractivity contribution in [2.45, 2.75) is 6.42 Å². The standard InChI is InChI=1S/C10H10N2O2/c13-10(14)8-3-1-4-9(7-8)12-6-2-5-11-12/h1,3-5,7H,2,6H2,(H,13,14). The number of carboxylic acid groups (broad SMARTS) is 1. The van der Waals surface area contributed by atoms with Crippen molar-refractivity contribution >= 4 is 17.9 Å². The average Bonchev–Trinajstić information content (AvgIpc) is 2.71. The van der Waals surface area contributed by atoms with E-state index >= 15 is 0 Å². The summed E-state index contributed by atoms with van der Waals surface area (Å²) in [7, 11) is 0. The Bertz CT molecular complexity index is 387. The van der Waals surface area contributed by atoms with Gasteiger partial charge in [-0.15, -0.1) is 0 Å². The summed E-state index contributed by atoms with van der Waals surface area (Å²) in [5.74, 6) is -0.907. The molecule has 14 heavy (non-hydrogen) atoms. The van der Waals surface area contributed by atoms with Gasteiger partial charge in [0.05, 0.1) is 11.3 Å². The van der Waals surface area contributed by atoms with Crippen molar-refractivity contribution < 1.29 is 9.90 Å². The highest BCUT2D eigenvalue weighted by Crippen LogP contribution is 2.18. The summed E-state index contributed by atoms with van der Waals surface area (Å²) >= 11 is 0. The average molecular weight is 190 g/mol. The largest absolute Gasteiger partial charge is 0.478 e. The first-order valence-electron chi connectivity index (χ1n) is 4.41. The van der Waals surface area contributed by atoms with Crippen LogP contribution in [0.3, 0.4) is 0 Å². The van der Waals surface area contributed by atoms with Gasteiger partial charge in [0.1, 0.15) is 0 Å². The van der Waals surface area contributed by atoms with Crippen LogP contribution in [0.15, 0.2) is 29.4 Å². The molecule has 0 saturated carbocycles. The summed E-state index contributed by atoms with van der Waals surface area (Å²) in [6.07, 6.45) is 2.74. The molecule has 0 spiro atoms. The molecule has 72 valence electrons. The second-order valence-corrected chi connectivity index (χ2v) is 3.07. The molecule has 1 N–H and O–H groups in total. The predicted octanol–water partition coefficient (Wildman–Crippen LogP) is 1.58. The smallest absolute Gasteiger partial charge is 0.335 e. The van der Waals surface area contributed by atoms with Crippen LogP contribution in [0.2, 0.25) is 0 Å². The van der Waals surface area contributed by atoms with Crippen molar-refractivity contribution in [2.75, 3.05) is 11.6 Å². The number of hydrazone groups is 1. The zero-order chi connectivity index (χ0) is 9.97. The van der Waals surface area contributed by atoms with Gasteiger partial charge in [-0.25, -0.2) is 4.79 Å². The van der Waals surface area contributed by atoms with Gasteiger partial charge in [-0.2, -0.15) is 5.10 Å². The van der Waals surface area contributed by atoms with Crippen molar-refractivity contribution in [3.8, 4) is 0 Å². The van der Waals surface area contributed by atoms with E-state index in [-0.39, 0.29) is 0 Å². The molecule has 1 aromatic carbocycles. The fourth-order valence-electron chi connectivity index (χ4n) is 1.39. The van der Waals surface area contributed by atoms with Crippen LogP contribution >= 0.6 is 0 Å². The highest BCUT2D eigenvalue weighted by atomic mass is 16.4. The second-order valence-electron chi connectivity index (χ2n) is 3.07.